The van der Waals surface area contributed by atoms with Gasteiger partial charge in [-0.15, -0.1) is 10.2 Å². The van der Waals surface area contributed by atoms with E-state index in [9.17, 15) is 4.79 Å². The zero-order valence-corrected chi connectivity index (χ0v) is 20.8. The lowest BCUT2D eigenvalue weighted by atomic mass is 10.1. The number of anilines is 1. The van der Waals surface area contributed by atoms with Crippen molar-refractivity contribution in [2.75, 3.05) is 37.5 Å². The molecule has 3 heterocycles. The van der Waals surface area contributed by atoms with Gasteiger partial charge in [0.1, 0.15) is 5.75 Å². The largest absolute Gasteiger partial charge is 0.497 e. The number of nitrogens with zero attached hydrogens (tertiary/aromatic N) is 5. The van der Waals surface area contributed by atoms with E-state index in [-0.39, 0.29) is 12.0 Å². The molecule has 5 rings (SSSR count). The number of carbonyl (C=O) groups is 1. The van der Waals surface area contributed by atoms with Gasteiger partial charge in [-0.1, -0.05) is 23.9 Å². The molecule has 1 saturated carbocycles. The Bertz CT molecular complexity index is 950. The second-order valence-electron chi connectivity index (χ2n) is 9.47. The van der Waals surface area contributed by atoms with Gasteiger partial charge in [-0.2, -0.15) is 0 Å². The molecule has 1 aromatic heterocycles. The smallest absolute Gasteiger partial charge is 0.233 e. The van der Waals surface area contributed by atoms with E-state index in [0.717, 1.165) is 74.3 Å². The first kappa shape index (κ1) is 23.5. The molecule has 3 fully saturated rings. The van der Waals surface area contributed by atoms with E-state index in [1.54, 1.807) is 7.11 Å². The van der Waals surface area contributed by atoms with E-state index in [1.807, 2.05) is 29.2 Å². The number of methoxy groups -OCH3 is 1. The summed E-state index contributed by atoms with van der Waals surface area (Å²) in [6.07, 6.45) is 8.20. The van der Waals surface area contributed by atoms with Crippen molar-refractivity contribution in [2.24, 2.45) is 0 Å². The molecule has 1 amide bonds. The van der Waals surface area contributed by atoms with Gasteiger partial charge >= 0.3 is 0 Å². The molecule has 2 saturated heterocycles. The van der Waals surface area contributed by atoms with Crippen LogP contribution in [0.15, 0.2) is 29.4 Å². The SMILES string of the molecule is COc1ccc(CN(C(=O)CSc2nnc(N3CCCCC3)n2CC2CCCO2)C2CC2)cc1. The zero-order chi connectivity index (χ0) is 23.3. The van der Waals surface area contributed by atoms with Crippen molar-refractivity contribution in [3.63, 3.8) is 0 Å². The molecule has 9 heteroatoms. The fourth-order valence-corrected chi connectivity index (χ4v) is 5.64. The third-order valence-electron chi connectivity index (χ3n) is 6.89. The highest BCUT2D eigenvalue weighted by molar-refractivity contribution is 7.99. The Morgan fingerprint density at radius 2 is 1.91 bits per heavy atom. The van der Waals surface area contributed by atoms with Crippen LogP contribution in [0.25, 0.3) is 0 Å². The molecule has 2 aromatic rings. The highest BCUT2D eigenvalue weighted by Gasteiger charge is 2.33. The molecule has 1 atom stereocenters. The predicted octanol–water partition coefficient (Wildman–Crippen LogP) is 3.74. The van der Waals surface area contributed by atoms with Crippen LogP contribution in [-0.2, 0) is 22.6 Å². The number of aromatic nitrogens is 3. The van der Waals surface area contributed by atoms with Gasteiger partial charge in [0.25, 0.3) is 0 Å². The normalized spacial score (nSPS) is 20.5. The fourth-order valence-electron chi connectivity index (χ4n) is 4.81. The van der Waals surface area contributed by atoms with Gasteiger partial charge in [-0.3, -0.25) is 9.36 Å². The minimum absolute atomic E-state index is 0.162. The lowest BCUT2D eigenvalue weighted by Crippen LogP contribution is -2.34. The number of hydrogen-bond donors (Lipinski definition) is 0. The van der Waals surface area contributed by atoms with Crippen LogP contribution in [0.2, 0.25) is 0 Å². The van der Waals surface area contributed by atoms with Gasteiger partial charge in [0.2, 0.25) is 11.9 Å². The zero-order valence-electron chi connectivity index (χ0n) is 20.0. The lowest BCUT2D eigenvalue weighted by Gasteiger charge is -2.28. The average Bonchev–Trinajstić information content (AvgIpc) is 3.44. The third-order valence-corrected chi connectivity index (χ3v) is 7.84. The van der Waals surface area contributed by atoms with Gasteiger partial charge in [-0.25, -0.2) is 0 Å². The van der Waals surface area contributed by atoms with E-state index in [0.29, 0.717) is 18.3 Å². The number of piperidine rings is 1. The van der Waals surface area contributed by atoms with Gasteiger partial charge < -0.3 is 19.3 Å². The molecule has 1 unspecified atom stereocenters. The van der Waals surface area contributed by atoms with Gasteiger partial charge in [0.15, 0.2) is 5.16 Å². The quantitative estimate of drug-likeness (QED) is 0.475. The lowest BCUT2D eigenvalue weighted by molar-refractivity contribution is -0.129. The van der Waals surface area contributed by atoms with Crippen molar-refractivity contribution in [3.05, 3.63) is 29.8 Å². The maximum atomic E-state index is 13.3. The summed E-state index contributed by atoms with van der Waals surface area (Å²) in [4.78, 5) is 17.7. The van der Waals surface area contributed by atoms with Crippen LogP contribution >= 0.6 is 11.8 Å². The summed E-state index contributed by atoms with van der Waals surface area (Å²) >= 11 is 1.51. The average molecular weight is 486 g/mol. The van der Waals surface area contributed by atoms with Gasteiger partial charge in [-0.05, 0) is 62.6 Å². The standard InChI is InChI=1S/C25H35N5O3S/c1-32-21-11-7-19(8-12-21)16-29(20-9-10-20)23(31)18-34-25-27-26-24(28-13-3-2-4-14-28)30(25)17-22-6-5-15-33-22/h7-8,11-12,20,22H,2-6,9-10,13-18H2,1H3. The summed E-state index contributed by atoms with van der Waals surface area (Å²) in [5.74, 6) is 2.30. The Balaban J connectivity index is 1.26. The minimum atomic E-state index is 0.162. The maximum absolute atomic E-state index is 13.3. The topological polar surface area (TPSA) is 72.7 Å². The van der Waals surface area contributed by atoms with Gasteiger partial charge in [0, 0.05) is 32.3 Å². The second kappa shape index (κ2) is 11.0. The van der Waals surface area contributed by atoms with Crippen LogP contribution in [0.4, 0.5) is 5.95 Å². The van der Waals surface area contributed by atoms with Crippen molar-refractivity contribution >= 4 is 23.6 Å². The molecular weight excluding hydrogens is 450 g/mol. The van der Waals surface area contributed by atoms with Crippen molar-refractivity contribution in [3.8, 4) is 5.75 Å². The highest BCUT2D eigenvalue weighted by atomic mass is 32.2. The summed E-state index contributed by atoms with van der Waals surface area (Å²) in [6, 6.07) is 8.34. The molecule has 34 heavy (non-hydrogen) atoms. The first-order valence-electron chi connectivity index (χ1n) is 12.6. The van der Waals surface area contributed by atoms with Crippen LogP contribution < -0.4 is 9.64 Å². The molecular formula is C25H35N5O3S. The first-order valence-corrected chi connectivity index (χ1v) is 13.5. The third kappa shape index (κ3) is 5.68. The highest BCUT2D eigenvalue weighted by Crippen LogP contribution is 2.31. The number of ether oxygens (including phenoxy) is 2. The molecule has 0 N–H and O–H groups in total. The van der Waals surface area contributed by atoms with E-state index in [1.165, 1.54) is 31.0 Å². The Morgan fingerprint density at radius 1 is 1.12 bits per heavy atom. The Morgan fingerprint density at radius 3 is 2.59 bits per heavy atom. The number of rotatable bonds is 10. The summed E-state index contributed by atoms with van der Waals surface area (Å²) in [6.45, 7) is 4.26. The van der Waals surface area contributed by atoms with E-state index >= 15 is 0 Å². The monoisotopic (exact) mass is 485 g/mol. The van der Waals surface area contributed by atoms with Crippen LogP contribution in [-0.4, -0.2) is 70.3 Å². The number of thioether (sulfide) groups is 1. The summed E-state index contributed by atoms with van der Waals surface area (Å²) < 4.78 is 13.4. The van der Waals surface area contributed by atoms with Crippen molar-refractivity contribution in [1.29, 1.82) is 0 Å². The molecule has 184 valence electrons. The van der Waals surface area contributed by atoms with Crippen LogP contribution in [0, 0.1) is 0 Å². The number of carbonyl (C=O) groups excluding carboxylic acids is 1. The fraction of sp³-hybridized carbons (Fsp3) is 0.640. The van der Waals surface area contributed by atoms with E-state index in [2.05, 4.69) is 19.7 Å². The molecule has 0 bridgehead atoms. The van der Waals surface area contributed by atoms with Crippen LogP contribution in [0.3, 0.4) is 0 Å². The number of hydrogen-bond acceptors (Lipinski definition) is 7. The Kier molecular flexibility index (Phi) is 7.59. The molecule has 0 radical (unpaired) electrons. The first-order chi connectivity index (χ1) is 16.7. The Labute approximate surface area is 206 Å². The predicted molar refractivity (Wildman–Crippen MR) is 132 cm³/mol. The van der Waals surface area contributed by atoms with Crippen LogP contribution in [0.1, 0.15) is 50.5 Å². The number of amides is 1. The van der Waals surface area contributed by atoms with Crippen LogP contribution in [0.5, 0.6) is 5.75 Å². The number of benzene rings is 1. The van der Waals surface area contributed by atoms with Crippen molar-refractivity contribution < 1.29 is 14.3 Å². The van der Waals surface area contributed by atoms with E-state index in [4.69, 9.17) is 9.47 Å². The molecule has 1 aromatic carbocycles. The molecule has 1 aliphatic carbocycles. The molecule has 2 aliphatic heterocycles. The minimum Gasteiger partial charge on any atom is -0.497 e. The summed E-state index contributed by atoms with van der Waals surface area (Å²) in [7, 11) is 1.67. The second-order valence-corrected chi connectivity index (χ2v) is 10.4. The van der Waals surface area contributed by atoms with Crippen molar-refractivity contribution in [2.45, 2.75) is 75.3 Å². The van der Waals surface area contributed by atoms with E-state index < -0.39 is 0 Å². The van der Waals surface area contributed by atoms with Gasteiger partial charge in [0.05, 0.1) is 25.5 Å². The Hall–Kier alpha value is -2.26. The van der Waals surface area contributed by atoms with Crippen molar-refractivity contribution in [1.82, 2.24) is 19.7 Å². The maximum Gasteiger partial charge on any atom is 0.233 e. The molecule has 0 spiro atoms. The summed E-state index contributed by atoms with van der Waals surface area (Å²) in [5.41, 5.74) is 1.12. The summed E-state index contributed by atoms with van der Waals surface area (Å²) in [5, 5.41) is 9.91. The molecule has 3 aliphatic rings. The molecule has 8 nitrogen and oxygen atoms in total.